The van der Waals surface area contributed by atoms with E-state index < -0.39 is 12.0 Å². The molecule has 0 radical (unpaired) electrons. The van der Waals surface area contributed by atoms with Gasteiger partial charge in [-0.2, -0.15) is 5.26 Å². The highest BCUT2D eigenvalue weighted by molar-refractivity contribution is 7.99. The number of carboxylic acids is 1. The minimum atomic E-state index is -0.843. The summed E-state index contributed by atoms with van der Waals surface area (Å²) in [5, 5.41) is 20.7. The summed E-state index contributed by atoms with van der Waals surface area (Å²) < 4.78 is 0. The van der Waals surface area contributed by atoms with Crippen molar-refractivity contribution >= 4 is 17.7 Å². The van der Waals surface area contributed by atoms with Gasteiger partial charge in [0.2, 0.25) is 0 Å². The van der Waals surface area contributed by atoms with Crippen molar-refractivity contribution in [2.24, 2.45) is 0 Å². The molecular weight excluding hydrogens is 224 g/mol. The molecule has 0 saturated carbocycles. The smallest absolute Gasteiger partial charge is 0.321 e. The van der Waals surface area contributed by atoms with E-state index in [1.54, 1.807) is 12.1 Å². The molecule has 4 nitrogen and oxygen atoms in total. The number of carboxylic acid groups (broad SMARTS) is 1. The normalized spacial score (nSPS) is 23.9. The molecule has 1 fully saturated rings. The summed E-state index contributed by atoms with van der Waals surface area (Å²) >= 11 is 1.52. The van der Waals surface area contributed by atoms with Crippen LogP contribution in [0.4, 0.5) is 0 Å². The minimum absolute atomic E-state index is 0.100. The second-order valence-corrected chi connectivity index (χ2v) is 4.61. The van der Waals surface area contributed by atoms with Crippen LogP contribution in [0, 0.1) is 11.3 Å². The molecule has 2 atom stereocenters. The van der Waals surface area contributed by atoms with Gasteiger partial charge in [0.15, 0.2) is 0 Å². The van der Waals surface area contributed by atoms with Gasteiger partial charge in [-0.1, -0.05) is 18.2 Å². The summed E-state index contributed by atoms with van der Waals surface area (Å²) in [7, 11) is 0. The van der Waals surface area contributed by atoms with Gasteiger partial charge >= 0.3 is 5.97 Å². The molecule has 2 N–H and O–H groups in total. The third kappa shape index (κ3) is 2.03. The Morgan fingerprint density at radius 2 is 2.31 bits per heavy atom. The van der Waals surface area contributed by atoms with Gasteiger partial charge in [-0.15, -0.1) is 11.8 Å². The molecule has 1 aromatic carbocycles. The van der Waals surface area contributed by atoms with Crippen molar-refractivity contribution in [1.29, 1.82) is 5.26 Å². The topological polar surface area (TPSA) is 73.1 Å². The zero-order chi connectivity index (χ0) is 11.5. The zero-order valence-corrected chi connectivity index (χ0v) is 9.20. The monoisotopic (exact) mass is 234 g/mol. The Kier molecular flexibility index (Phi) is 3.13. The molecule has 2 rings (SSSR count). The Labute approximate surface area is 97.3 Å². The van der Waals surface area contributed by atoms with Gasteiger partial charge in [0.1, 0.15) is 6.04 Å². The Morgan fingerprint density at radius 1 is 1.56 bits per heavy atom. The van der Waals surface area contributed by atoms with Crippen molar-refractivity contribution in [3.05, 3.63) is 35.4 Å². The highest BCUT2D eigenvalue weighted by Gasteiger charge is 2.31. The van der Waals surface area contributed by atoms with E-state index in [9.17, 15) is 4.79 Å². The van der Waals surface area contributed by atoms with E-state index >= 15 is 0 Å². The van der Waals surface area contributed by atoms with Crippen molar-refractivity contribution < 1.29 is 9.90 Å². The SMILES string of the molecule is N#Cc1ccccc1C1NC(C(=O)O)CS1. The summed E-state index contributed by atoms with van der Waals surface area (Å²) in [6.07, 6.45) is 0. The molecule has 16 heavy (non-hydrogen) atoms. The van der Waals surface area contributed by atoms with E-state index in [1.165, 1.54) is 11.8 Å². The maximum absolute atomic E-state index is 10.8. The fraction of sp³-hybridized carbons (Fsp3) is 0.273. The molecule has 1 saturated heterocycles. The van der Waals surface area contributed by atoms with Crippen molar-refractivity contribution in [1.82, 2.24) is 5.32 Å². The molecule has 1 aromatic rings. The number of benzene rings is 1. The predicted molar refractivity (Wildman–Crippen MR) is 60.9 cm³/mol. The largest absolute Gasteiger partial charge is 0.480 e. The molecular formula is C11H10N2O2S. The van der Waals surface area contributed by atoms with Crippen LogP contribution >= 0.6 is 11.8 Å². The van der Waals surface area contributed by atoms with E-state index in [4.69, 9.17) is 10.4 Å². The molecule has 0 spiro atoms. The Bertz CT molecular complexity index is 456. The molecule has 5 heteroatoms. The van der Waals surface area contributed by atoms with Gasteiger partial charge in [0.05, 0.1) is 17.0 Å². The van der Waals surface area contributed by atoms with E-state index in [2.05, 4.69) is 11.4 Å². The molecule has 0 amide bonds. The van der Waals surface area contributed by atoms with Gasteiger partial charge in [0.25, 0.3) is 0 Å². The van der Waals surface area contributed by atoms with Crippen molar-refractivity contribution in [3.8, 4) is 6.07 Å². The Hall–Kier alpha value is -1.51. The summed E-state index contributed by atoms with van der Waals surface area (Å²) in [6, 6.07) is 8.84. The number of nitrogens with one attached hydrogen (secondary N) is 1. The number of aliphatic carboxylic acids is 1. The average Bonchev–Trinajstić information content (AvgIpc) is 2.78. The maximum atomic E-state index is 10.8. The van der Waals surface area contributed by atoms with Crippen LogP contribution in [0.3, 0.4) is 0 Å². The summed E-state index contributed by atoms with van der Waals surface area (Å²) in [6.45, 7) is 0. The summed E-state index contributed by atoms with van der Waals surface area (Å²) in [5.74, 6) is -0.316. The van der Waals surface area contributed by atoms with Gasteiger partial charge in [-0.25, -0.2) is 0 Å². The number of nitrogens with zero attached hydrogens (tertiary/aromatic N) is 1. The van der Waals surface area contributed by atoms with Crippen molar-refractivity contribution in [2.45, 2.75) is 11.4 Å². The van der Waals surface area contributed by atoms with Crippen LogP contribution in [-0.2, 0) is 4.79 Å². The third-order valence-corrected chi connectivity index (χ3v) is 3.69. The highest BCUT2D eigenvalue weighted by Crippen LogP contribution is 2.34. The van der Waals surface area contributed by atoms with E-state index in [0.29, 0.717) is 11.3 Å². The number of hydrogen-bond donors (Lipinski definition) is 2. The maximum Gasteiger partial charge on any atom is 0.321 e. The lowest BCUT2D eigenvalue weighted by Crippen LogP contribution is -2.33. The fourth-order valence-corrected chi connectivity index (χ4v) is 2.89. The predicted octanol–water partition coefficient (Wildman–Crippen LogP) is 1.35. The second-order valence-electron chi connectivity index (χ2n) is 3.47. The average molecular weight is 234 g/mol. The first-order valence-electron chi connectivity index (χ1n) is 4.82. The van der Waals surface area contributed by atoms with Crippen LogP contribution in [0.1, 0.15) is 16.5 Å². The van der Waals surface area contributed by atoms with E-state index in [1.807, 2.05) is 12.1 Å². The lowest BCUT2D eigenvalue weighted by Gasteiger charge is -2.12. The molecule has 0 aliphatic carbocycles. The molecule has 1 aliphatic heterocycles. The van der Waals surface area contributed by atoms with Crippen molar-refractivity contribution in [2.75, 3.05) is 5.75 Å². The number of nitriles is 1. The first-order valence-corrected chi connectivity index (χ1v) is 5.86. The van der Waals surface area contributed by atoms with Crippen LogP contribution in [-0.4, -0.2) is 22.9 Å². The van der Waals surface area contributed by atoms with Crippen LogP contribution in [0.15, 0.2) is 24.3 Å². The van der Waals surface area contributed by atoms with Crippen molar-refractivity contribution in [3.63, 3.8) is 0 Å². The number of rotatable bonds is 2. The van der Waals surface area contributed by atoms with Gasteiger partial charge in [-0.05, 0) is 11.6 Å². The molecule has 0 aromatic heterocycles. The van der Waals surface area contributed by atoms with Crippen LogP contribution in [0.25, 0.3) is 0 Å². The standard InChI is InChI=1S/C11H10N2O2S/c12-5-7-3-1-2-4-8(7)10-13-9(6-16-10)11(14)15/h1-4,9-10,13H,6H2,(H,14,15). The van der Waals surface area contributed by atoms with E-state index in [0.717, 1.165) is 5.56 Å². The van der Waals surface area contributed by atoms with Gasteiger partial charge in [0, 0.05) is 5.75 Å². The van der Waals surface area contributed by atoms with Gasteiger partial charge in [-0.3, -0.25) is 10.1 Å². The molecule has 2 unspecified atom stereocenters. The number of hydrogen-bond acceptors (Lipinski definition) is 4. The second kappa shape index (κ2) is 4.56. The van der Waals surface area contributed by atoms with E-state index in [-0.39, 0.29) is 5.37 Å². The third-order valence-electron chi connectivity index (χ3n) is 2.44. The molecule has 82 valence electrons. The van der Waals surface area contributed by atoms with Gasteiger partial charge < -0.3 is 5.11 Å². The lowest BCUT2D eigenvalue weighted by atomic mass is 10.1. The zero-order valence-electron chi connectivity index (χ0n) is 8.38. The summed E-state index contributed by atoms with van der Waals surface area (Å²) in [5.41, 5.74) is 1.46. The molecule has 1 heterocycles. The molecule has 0 bridgehead atoms. The minimum Gasteiger partial charge on any atom is -0.480 e. The first-order chi connectivity index (χ1) is 7.72. The molecule has 1 aliphatic rings. The summed E-state index contributed by atoms with van der Waals surface area (Å²) in [4.78, 5) is 10.8. The number of thioether (sulfide) groups is 1. The van der Waals surface area contributed by atoms with Crippen LogP contribution < -0.4 is 5.32 Å². The Morgan fingerprint density at radius 3 is 2.94 bits per heavy atom. The van der Waals surface area contributed by atoms with Crippen LogP contribution in [0.2, 0.25) is 0 Å². The number of carbonyl (C=O) groups is 1. The fourth-order valence-electron chi connectivity index (χ4n) is 1.62. The highest BCUT2D eigenvalue weighted by atomic mass is 32.2. The Balaban J connectivity index is 2.21. The quantitative estimate of drug-likeness (QED) is 0.808. The van der Waals surface area contributed by atoms with Crippen LogP contribution in [0.5, 0.6) is 0 Å². The lowest BCUT2D eigenvalue weighted by molar-refractivity contribution is -0.138. The first kappa shape index (κ1) is 11.0.